The molecule has 0 unspecified atom stereocenters. The zero-order valence-electron chi connectivity index (χ0n) is 19.5. The number of rotatable bonds is 10. The number of sulfonamides is 3. The molecule has 0 spiro atoms. The maximum atomic E-state index is 13.3. The average Bonchev–Trinajstić information content (AvgIpc) is 2.79. The highest BCUT2D eigenvalue weighted by Gasteiger charge is 2.28. The molecular weight excluding hydrogens is 510 g/mol. The van der Waals surface area contributed by atoms with Crippen LogP contribution in [0.25, 0.3) is 0 Å². The Kier molecular flexibility index (Phi) is 8.14. The van der Waals surface area contributed by atoms with Crippen LogP contribution in [-0.4, -0.2) is 42.9 Å². The first-order valence-electron chi connectivity index (χ1n) is 10.5. The van der Waals surface area contributed by atoms with Crippen LogP contribution in [0.4, 0.5) is 0 Å². The summed E-state index contributed by atoms with van der Waals surface area (Å²) in [6.07, 6.45) is 0. The molecule has 0 aliphatic heterocycles. The second kappa shape index (κ2) is 10.6. The molecule has 0 fully saturated rings. The number of benzene rings is 3. The van der Waals surface area contributed by atoms with Crippen LogP contribution in [-0.2, 0) is 30.1 Å². The number of hydrogen-bond donors (Lipinski definition) is 2. The Hall–Kier alpha value is -2.61. The third-order valence-corrected chi connectivity index (χ3v) is 9.79. The molecule has 0 radical (unpaired) electrons. The minimum atomic E-state index is -4.26. The molecule has 3 rings (SSSR count). The number of aryl methyl sites for hydroxylation is 3. The van der Waals surface area contributed by atoms with Gasteiger partial charge in [-0.15, -0.1) is 0 Å². The van der Waals surface area contributed by atoms with Crippen molar-refractivity contribution in [1.29, 1.82) is 0 Å². The van der Waals surface area contributed by atoms with Gasteiger partial charge in [0.1, 0.15) is 0 Å². The van der Waals surface area contributed by atoms with Crippen molar-refractivity contribution in [2.45, 2.75) is 35.5 Å². The Labute approximate surface area is 207 Å². The zero-order valence-corrected chi connectivity index (χ0v) is 21.9. The molecule has 0 bridgehead atoms. The third-order valence-electron chi connectivity index (χ3n) is 5.18. The van der Waals surface area contributed by atoms with E-state index in [-0.39, 0.29) is 14.7 Å². The van der Waals surface area contributed by atoms with Crippen molar-refractivity contribution in [1.82, 2.24) is 13.7 Å². The Balaban J connectivity index is 1.88. The maximum Gasteiger partial charge on any atom is 0.245 e. The first-order chi connectivity index (χ1) is 16.3. The van der Waals surface area contributed by atoms with Gasteiger partial charge in [-0.3, -0.25) is 0 Å². The van der Waals surface area contributed by atoms with E-state index in [1.165, 1.54) is 36.4 Å². The maximum absolute atomic E-state index is 13.3. The van der Waals surface area contributed by atoms with Gasteiger partial charge in [-0.05, 0) is 57.2 Å². The molecule has 3 aromatic carbocycles. The molecule has 188 valence electrons. The Morgan fingerprint density at radius 2 is 0.800 bits per heavy atom. The van der Waals surface area contributed by atoms with Crippen molar-refractivity contribution in [2.24, 2.45) is 0 Å². The van der Waals surface area contributed by atoms with Crippen LogP contribution >= 0.6 is 0 Å². The van der Waals surface area contributed by atoms with Crippen molar-refractivity contribution in [3.8, 4) is 0 Å². The van der Waals surface area contributed by atoms with E-state index in [4.69, 9.17) is 0 Å². The molecule has 0 saturated heterocycles. The van der Waals surface area contributed by atoms with Crippen molar-refractivity contribution >= 4 is 30.1 Å². The standard InChI is InChI=1S/C23H27N3O6S3/c1-18-4-10-21(11-5-18)33(27,28)24-16-26(35(31,32)23-14-8-20(3)9-15-23)17-25-34(29,30)22-12-6-19(2)7-13-22/h4-15,24-25H,16-17H2,1-3H3. The molecule has 0 aromatic heterocycles. The molecule has 12 heteroatoms. The minimum Gasteiger partial charge on any atom is -0.207 e. The largest absolute Gasteiger partial charge is 0.245 e. The molecule has 2 N–H and O–H groups in total. The van der Waals surface area contributed by atoms with E-state index in [0.717, 1.165) is 21.0 Å². The van der Waals surface area contributed by atoms with Crippen LogP contribution in [0.3, 0.4) is 0 Å². The quantitative estimate of drug-likeness (QED) is 0.382. The Morgan fingerprint density at radius 3 is 1.11 bits per heavy atom. The smallest absolute Gasteiger partial charge is 0.207 e. The first-order valence-corrected chi connectivity index (χ1v) is 14.9. The molecule has 0 atom stereocenters. The van der Waals surface area contributed by atoms with Gasteiger partial charge in [-0.2, -0.15) is 13.7 Å². The monoisotopic (exact) mass is 537 g/mol. The summed E-state index contributed by atoms with van der Waals surface area (Å²) in [6, 6.07) is 18.0. The summed E-state index contributed by atoms with van der Waals surface area (Å²) in [5.41, 5.74) is 2.55. The van der Waals surface area contributed by atoms with E-state index in [9.17, 15) is 25.3 Å². The average molecular weight is 538 g/mol. The third kappa shape index (κ3) is 6.75. The van der Waals surface area contributed by atoms with Gasteiger partial charge < -0.3 is 0 Å². The fraction of sp³-hybridized carbons (Fsp3) is 0.217. The molecule has 3 aromatic rings. The lowest BCUT2D eigenvalue weighted by Gasteiger charge is -2.23. The lowest BCUT2D eigenvalue weighted by Crippen LogP contribution is -2.46. The van der Waals surface area contributed by atoms with E-state index in [0.29, 0.717) is 0 Å². The SMILES string of the molecule is Cc1ccc(S(=O)(=O)NCN(CNS(=O)(=O)c2ccc(C)cc2)S(=O)(=O)c2ccc(C)cc2)cc1. The predicted octanol–water partition coefficient (Wildman–Crippen LogP) is 2.47. The van der Waals surface area contributed by atoms with Crippen LogP contribution in [0.15, 0.2) is 87.5 Å². The number of nitrogens with one attached hydrogen (secondary N) is 2. The summed E-state index contributed by atoms with van der Waals surface area (Å²) in [7, 11) is -12.4. The molecule has 9 nitrogen and oxygen atoms in total. The van der Waals surface area contributed by atoms with Crippen molar-refractivity contribution in [3.63, 3.8) is 0 Å². The highest BCUT2D eigenvalue weighted by atomic mass is 32.2. The fourth-order valence-corrected chi connectivity index (χ4v) is 6.38. The summed E-state index contributed by atoms with van der Waals surface area (Å²) < 4.78 is 82.8. The van der Waals surface area contributed by atoms with Gasteiger partial charge in [0.2, 0.25) is 30.1 Å². The van der Waals surface area contributed by atoms with Crippen LogP contribution in [0.1, 0.15) is 16.7 Å². The van der Waals surface area contributed by atoms with Crippen LogP contribution < -0.4 is 9.44 Å². The van der Waals surface area contributed by atoms with Gasteiger partial charge >= 0.3 is 0 Å². The molecule has 0 aliphatic carbocycles. The van der Waals surface area contributed by atoms with E-state index >= 15 is 0 Å². The lowest BCUT2D eigenvalue weighted by molar-refractivity contribution is 0.398. The summed E-state index contributed by atoms with van der Waals surface area (Å²) >= 11 is 0. The van der Waals surface area contributed by atoms with Gasteiger partial charge in [0.25, 0.3) is 0 Å². The Morgan fingerprint density at radius 1 is 0.514 bits per heavy atom. The second-order valence-electron chi connectivity index (χ2n) is 8.01. The summed E-state index contributed by atoms with van der Waals surface area (Å²) in [5.74, 6) is 0. The van der Waals surface area contributed by atoms with Gasteiger partial charge in [0.15, 0.2) is 0 Å². The van der Waals surface area contributed by atoms with Crippen LogP contribution in [0, 0.1) is 20.8 Å². The van der Waals surface area contributed by atoms with Crippen LogP contribution in [0.2, 0.25) is 0 Å². The van der Waals surface area contributed by atoms with Gasteiger partial charge in [0.05, 0.1) is 28.0 Å². The first kappa shape index (κ1) is 27.0. The molecule has 35 heavy (non-hydrogen) atoms. The molecule has 0 aliphatic rings. The number of nitrogens with zero attached hydrogens (tertiary/aromatic N) is 1. The second-order valence-corrected chi connectivity index (χ2v) is 13.5. The van der Waals surface area contributed by atoms with Crippen molar-refractivity contribution in [2.75, 3.05) is 13.3 Å². The molecule has 0 heterocycles. The summed E-state index contributed by atoms with van der Waals surface area (Å²) in [4.78, 5) is -0.195. The minimum absolute atomic E-state index is 0.0454. The normalized spacial score (nSPS) is 12.7. The molecule has 0 saturated carbocycles. The van der Waals surface area contributed by atoms with E-state index < -0.39 is 43.4 Å². The summed E-state index contributed by atoms with van der Waals surface area (Å²) in [6.45, 7) is 4.02. The number of hydrogen-bond acceptors (Lipinski definition) is 6. The molecule has 0 amide bonds. The van der Waals surface area contributed by atoms with Gasteiger partial charge in [-0.25, -0.2) is 25.3 Å². The topological polar surface area (TPSA) is 130 Å². The van der Waals surface area contributed by atoms with E-state index in [1.807, 2.05) is 0 Å². The Bertz CT molecular complexity index is 1400. The summed E-state index contributed by atoms with van der Waals surface area (Å²) in [5, 5.41) is 0. The highest BCUT2D eigenvalue weighted by molar-refractivity contribution is 7.90. The van der Waals surface area contributed by atoms with Crippen molar-refractivity contribution < 1.29 is 25.3 Å². The van der Waals surface area contributed by atoms with E-state index in [2.05, 4.69) is 9.44 Å². The van der Waals surface area contributed by atoms with Gasteiger partial charge in [-0.1, -0.05) is 53.1 Å². The van der Waals surface area contributed by atoms with Gasteiger partial charge in [0, 0.05) is 0 Å². The highest BCUT2D eigenvalue weighted by Crippen LogP contribution is 2.17. The van der Waals surface area contributed by atoms with Crippen LogP contribution in [0.5, 0.6) is 0 Å². The fourth-order valence-electron chi connectivity index (χ4n) is 3.00. The zero-order chi connectivity index (χ0) is 25.9. The lowest BCUT2D eigenvalue weighted by atomic mass is 10.2. The van der Waals surface area contributed by atoms with E-state index in [1.54, 1.807) is 57.2 Å². The predicted molar refractivity (Wildman–Crippen MR) is 133 cm³/mol. The molecular formula is C23H27N3O6S3. The van der Waals surface area contributed by atoms with Crippen molar-refractivity contribution in [3.05, 3.63) is 89.5 Å².